The van der Waals surface area contributed by atoms with Crippen LogP contribution in [0.3, 0.4) is 0 Å². The first-order valence-corrected chi connectivity index (χ1v) is 27.5. The zero-order valence-corrected chi connectivity index (χ0v) is 44.4. The molecular formula is C56H80F3N9O6. The highest BCUT2D eigenvalue weighted by Crippen LogP contribution is 2.50. The molecule has 2 saturated carbocycles. The highest BCUT2D eigenvalue weighted by molar-refractivity contribution is 5.98. The Hall–Kier alpha value is -5.36. The van der Waals surface area contributed by atoms with Crippen LogP contribution in [0.25, 0.3) is 0 Å². The molecule has 4 saturated heterocycles. The maximum absolute atomic E-state index is 15.0. The second-order valence-electron chi connectivity index (χ2n) is 21.6. The van der Waals surface area contributed by atoms with Crippen molar-refractivity contribution in [2.75, 3.05) is 91.6 Å². The number of hydrogen-bond donors (Lipinski definition) is 2. The number of benzene rings is 2. The van der Waals surface area contributed by atoms with E-state index in [0.29, 0.717) is 94.5 Å². The van der Waals surface area contributed by atoms with Gasteiger partial charge in [-0.3, -0.25) is 38.6 Å². The largest absolute Gasteiger partial charge is 0.342 e. The van der Waals surface area contributed by atoms with Crippen LogP contribution in [0, 0.1) is 29.5 Å². The highest BCUT2D eigenvalue weighted by Gasteiger charge is 2.62. The summed E-state index contributed by atoms with van der Waals surface area (Å²) < 4.78 is 42.4. The van der Waals surface area contributed by atoms with E-state index in [1.54, 1.807) is 32.9 Å². The van der Waals surface area contributed by atoms with Crippen molar-refractivity contribution in [3.8, 4) is 0 Å². The van der Waals surface area contributed by atoms with E-state index in [4.69, 9.17) is 0 Å². The molecule has 4 heterocycles. The van der Waals surface area contributed by atoms with Crippen LogP contribution in [0.4, 0.5) is 13.2 Å². The lowest BCUT2D eigenvalue weighted by Crippen LogP contribution is -2.57. The number of likely N-dealkylation sites (tertiary alicyclic amines) is 2. The summed E-state index contributed by atoms with van der Waals surface area (Å²) in [4.78, 5) is 91.0. The van der Waals surface area contributed by atoms with E-state index in [0.717, 1.165) is 89.7 Å². The predicted octanol–water partition coefficient (Wildman–Crippen LogP) is 6.42. The number of alkyl halides is 2. The molecule has 3 atom stereocenters. The Balaban J connectivity index is 0.00000395. The van der Waals surface area contributed by atoms with E-state index in [-0.39, 0.29) is 53.4 Å². The van der Waals surface area contributed by atoms with Crippen molar-refractivity contribution in [3.63, 3.8) is 0 Å². The lowest BCUT2D eigenvalue weighted by Gasteiger charge is -2.41. The number of carbonyl (C=O) groups is 6. The Bertz CT molecular complexity index is 2320. The quantitative estimate of drug-likeness (QED) is 0.153. The smallest absolute Gasteiger partial charge is 0.260 e. The third kappa shape index (κ3) is 14.7. The molecule has 0 bridgehead atoms. The molecule has 0 radical (unpaired) electrons. The standard InChI is InChI=1S/C54H74F3N9O6.C2H6/c1-36(2)47(60-59-37(3)67)30-39-14-15-46(55)44(29-39)51(70)64-27-25-63(26-28-64)48(68)35-61-19-16-38(17-20-61)33-62-21-23-65(24-22-62)53(72)49(40-9-5-4-6-10-40)58-50(69)42-12-7-11-41(31-42)43-13-8-18-66(34-43)52(71)45-32-54(45,56)57;1-2/h7,11-12,14-15,29,31,36,38,40,43,45,49H,4-6,8-10,13,16-28,30,32-35H2,1-3H3,(H,58,69)(H,59,67);1-2H3/b60-47-;. The van der Waals surface area contributed by atoms with Gasteiger partial charge in [0.05, 0.1) is 12.1 Å². The molecule has 2 aromatic carbocycles. The molecule has 2 N–H and O–H groups in total. The zero-order chi connectivity index (χ0) is 53.1. The molecule has 0 aromatic heterocycles. The number of amides is 6. The van der Waals surface area contributed by atoms with E-state index in [2.05, 4.69) is 25.6 Å². The van der Waals surface area contributed by atoms with Gasteiger partial charge in [0.25, 0.3) is 17.7 Å². The Morgan fingerprint density at radius 1 is 0.743 bits per heavy atom. The molecule has 15 nitrogen and oxygen atoms in total. The fourth-order valence-corrected chi connectivity index (χ4v) is 11.4. The fraction of sp³-hybridized carbons (Fsp3) is 0.661. The summed E-state index contributed by atoms with van der Waals surface area (Å²) in [6.07, 6.45) is 8.31. The molecule has 2 aliphatic carbocycles. The molecule has 6 aliphatic rings. The number of carbonyl (C=O) groups excluding carboxylic acids is 6. The van der Waals surface area contributed by atoms with Gasteiger partial charge < -0.3 is 24.9 Å². The number of hydrazone groups is 1. The van der Waals surface area contributed by atoms with Crippen LogP contribution in [0.1, 0.15) is 137 Å². The van der Waals surface area contributed by atoms with Crippen molar-refractivity contribution >= 4 is 41.2 Å². The molecule has 8 rings (SSSR count). The molecular weight excluding hydrogens is 952 g/mol. The van der Waals surface area contributed by atoms with E-state index in [1.807, 2.05) is 50.8 Å². The van der Waals surface area contributed by atoms with Gasteiger partial charge in [0, 0.05) is 109 Å². The SMILES string of the molecule is CC.CC(=O)N/N=C(/Cc1ccc(F)c(C(=O)N2CCN(C(=O)CN3CCC(CN4CCN(C(=O)C(NC(=O)c5cccc(C6CCCN(C(=O)C7CC7(F)F)C6)c5)C5CCCCC5)CC4)CC3)CC2)c1)C(C)C. The number of piperazine rings is 2. The Morgan fingerprint density at radius 3 is 2.05 bits per heavy atom. The monoisotopic (exact) mass is 1030 g/mol. The molecule has 0 spiro atoms. The average Bonchev–Trinajstić information content (AvgIpc) is 4.07. The lowest BCUT2D eigenvalue weighted by molar-refractivity contribution is -0.137. The highest BCUT2D eigenvalue weighted by atomic mass is 19.3. The van der Waals surface area contributed by atoms with Crippen LogP contribution in [-0.4, -0.2) is 174 Å². The first kappa shape index (κ1) is 56.4. The van der Waals surface area contributed by atoms with Gasteiger partial charge in [-0.25, -0.2) is 18.6 Å². The molecule has 6 amide bonds. The molecule has 4 aliphatic heterocycles. The van der Waals surface area contributed by atoms with Gasteiger partial charge in [-0.15, -0.1) is 0 Å². The summed E-state index contributed by atoms with van der Waals surface area (Å²) in [7, 11) is 0. The lowest BCUT2D eigenvalue weighted by atomic mass is 9.83. The molecule has 18 heteroatoms. The van der Waals surface area contributed by atoms with Gasteiger partial charge in [-0.2, -0.15) is 5.10 Å². The summed E-state index contributed by atoms with van der Waals surface area (Å²) in [6.45, 7) is 17.0. The Morgan fingerprint density at radius 2 is 1.41 bits per heavy atom. The minimum absolute atomic E-state index is 0.0206. The molecule has 6 fully saturated rings. The van der Waals surface area contributed by atoms with Crippen LogP contribution < -0.4 is 10.7 Å². The maximum Gasteiger partial charge on any atom is 0.260 e. The fourth-order valence-electron chi connectivity index (χ4n) is 11.4. The minimum atomic E-state index is -2.91. The summed E-state index contributed by atoms with van der Waals surface area (Å²) >= 11 is 0. The number of rotatable bonds is 15. The van der Waals surface area contributed by atoms with E-state index in [1.165, 1.54) is 13.0 Å². The van der Waals surface area contributed by atoms with Crippen LogP contribution in [0.15, 0.2) is 47.6 Å². The Labute approximate surface area is 436 Å². The van der Waals surface area contributed by atoms with Gasteiger partial charge in [-0.05, 0) is 105 Å². The van der Waals surface area contributed by atoms with Crippen molar-refractivity contribution in [2.24, 2.45) is 28.8 Å². The third-order valence-corrected chi connectivity index (χ3v) is 16.0. The minimum Gasteiger partial charge on any atom is -0.342 e. The van der Waals surface area contributed by atoms with Gasteiger partial charge in [0.2, 0.25) is 23.6 Å². The third-order valence-electron chi connectivity index (χ3n) is 16.0. The second-order valence-corrected chi connectivity index (χ2v) is 21.6. The normalized spacial score (nSPS) is 22.6. The number of halogens is 3. The van der Waals surface area contributed by atoms with Crippen molar-refractivity contribution in [1.82, 2.24) is 40.1 Å². The van der Waals surface area contributed by atoms with E-state index >= 15 is 4.39 Å². The second kappa shape index (κ2) is 25.9. The number of nitrogens with one attached hydrogen (secondary N) is 2. The van der Waals surface area contributed by atoms with Gasteiger partial charge in [0.15, 0.2) is 0 Å². The van der Waals surface area contributed by atoms with Gasteiger partial charge in [0.1, 0.15) is 17.8 Å². The number of nitrogens with zero attached hydrogens (tertiary/aromatic N) is 7. The summed E-state index contributed by atoms with van der Waals surface area (Å²) in [5, 5.41) is 7.37. The van der Waals surface area contributed by atoms with Gasteiger partial charge in [-0.1, -0.05) is 65.2 Å². The zero-order valence-electron chi connectivity index (χ0n) is 44.4. The maximum atomic E-state index is 15.0. The van der Waals surface area contributed by atoms with Crippen molar-refractivity contribution in [3.05, 3.63) is 70.5 Å². The van der Waals surface area contributed by atoms with Crippen LogP contribution in [0.2, 0.25) is 0 Å². The summed E-state index contributed by atoms with van der Waals surface area (Å²) in [5.74, 6) is -5.73. The van der Waals surface area contributed by atoms with E-state index in [9.17, 15) is 37.5 Å². The van der Waals surface area contributed by atoms with Crippen molar-refractivity contribution < 1.29 is 41.9 Å². The van der Waals surface area contributed by atoms with E-state index < -0.39 is 35.5 Å². The van der Waals surface area contributed by atoms with Crippen molar-refractivity contribution in [2.45, 2.75) is 123 Å². The Kier molecular flexibility index (Phi) is 19.7. The van der Waals surface area contributed by atoms with Crippen LogP contribution >= 0.6 is 0 Å². The first-order chi connectivity index (χ1) is 35.5. The average molecular weight is 1030 g/mol. The van der Waals surface area contributed by atoms with Crippen LogP contribution in [-0.2, 0) is 25.6 Å². The topological polar surface area (TPSA) is 158 Å². The number of hydrogen-bond acceptors (Lipinski definition) is 9. The predicted molar refractivity (Wildman–Crippen MR) is 278 cm³/mol. The molecule has 406 valence electrons. The number of piperidine rings is 2. The van der Waals surface area contributed by atoms with Gasteiger partial charge >= 0.3 is 0 Å². The molecule has 2 aromatic rings. The summed E-state index contributed by atoms with van der Waals surface area (Å²) in [5.41, 5.74) is 5.21. The van der Waals surface area contributed by atoms with Crippen molar-refractivity contribution in [1.29, 1.82) is 0 Å². The molecule has 74 heavy (non-hydrogen) atoms. The van der Waals surface area contributed by atoms with Crippen LogP contribution in [0.5, 0.6) is 0 Å². The summed E-state index contributed by atoms with van der Waals surface area (Å²) in [6, 6.07) is 11.2. The first-order valence-electron chi connectivity index (χ1n) is 27.5. The molecule has 3 unspecified atom stereocenters.